The van der Waals surface area contributed by atoms with Crippen LogP contribution in [0.15, 0.2) is 70.5 Å². The van der Waals surface area contributed by atoms with E-state index in [2.05, 4.69) is 27.8 Å². The van der Waals surface area contributed by atoms with Crippen LogP contribution in [-0.2, 0) is 17.0 Å². The van der Waals surface area contributed by atoms with Crippen molar-refractivity contribution in [3.63, 3.8) is 0 Å². The van der Waals surface area contributed by atoms with E-state index in [1.807, 2.05) is 41.9 Å². The third-order valence-electron chi connectivity index (χ3n) is 3.49. The Bertz CT molecular complexity index is 756. The summed E-state index contributed by atoms with van der Waals surface area (Å²) in [6.07, 6.45) is 4.96. The lowest BCUT2D eigenvalue weighted by Crippen LogP contribution is -2.12. The van der Waals surface area contributed by atoms with Crippen LogP contribution in [0, 0.1) is 0 Å². The van der Waals surface area contributed by atoms with Crippen molar-refractivity contribution in [2.75, 3.05) is 5.32 Å². The van der Waals surface area contributed by atoms with Gasteiger partial charge in [0, 0.05) is 35.2 Å². The average molecular weight is 355 g/mol. The third-order valence-corrected chi connectivity index (χ3v) is 5.30. The Labute approximate surface area is 150 Å². The van der Waals surface area contributed by atoms with Crippen LogP contribution in [0.4, 0.5) is 5.69 Å². The zero-order chi connectivity index (χ0) is 16.6. The molecule has 2 aromatic heterocycles. The van der Waals surface area contributed by atoms with E-state index in [-0.39, 0.29) is 5.91 Å². The van der Waals surface area contributed by atoms with Gasteiger partial charge in [0.25, 0.3) is 0 Å². The number of amides is 1. The van der Waals surface area contributed by atoms with Crippen LogP contribution in [0.5, 0.6) is 0 Å². The second kappa shape index (κ2) is 8.66. The maximum Gasteiger partial charge on any atom is 0.224 e. The lowest BCUT2D eigenvalue weighted by atomic mass is 10.2. The van der Waals surface area contributed by atoms with Gasteiger partial charge in [0.05, 0.1) is 0 Å². The molecular formula is C19H18N2OS2. The van der Waals surface area contributed by atoms with Crippen LogP contribution in [0.2, 0.25) is 0 Å². The standard InChI is InChI=1S/C19H18N2OS2/c22-19(8-3-15-9-11-23-13-15)21-17-4-6-18(7-5-17)24-14-16-2-1-10-20-12-16/h1-2,4-7,9-13H,3,8,14H2,(H,21,22). The molecule has 24 heavy (non-hydrogen) atoms. The molecule has 3 rings (SSSR count). The fraction of sp³-hybridized carbons (Fsp3) is 0.158. The molecule has 1 N–H and O–H groups in total. The first-order valence-corrected chi connectivity index (χ1v) is 9.65. The fourth-order valence-electron chi connectivity index (χ4n) is 2.20. The molecular weight excluding hydrogens is 336 g/mol. The molecule has 0 fully saturated rings. The number of aryl methyl sites for hydroxylation is 1. The van der Waals surface area contributed by atoms with Crippen LogP contribution in [0.25, 0.3) is 0 Å². The van der Waals surface area contributed by atoms with Crippen molar-refractivity contribution in [3.8, 4) is 0 Å². The molecule has 2 heterocycles. The molecule has 0 unspecified atom stereocenters. The molecule has 0 saturated carbocycles. The number of hydrogen-bond donors (Lipinski definition) is 1. The van der Waals surface area contributed by atoms with E-state index >= 15 is 0 Å². The zero-order valence-electron chi connectivity index (χ0n) is 13.1. The number of carbonyl (C=O) groups excluding carboxylic acids is 1. The van der Waals surface area contributed by atoms with Crippen LogP contribution in [0.3, 0.4) is 0 Å². The van der Waals surface area contributed by atoms with E-state index in [9.17, 15) is 4.79 Å². The van der Waals surface area contributed by atoms with E-state index in [0.717, 1.165) is 17.9 Å². The average Bonchev–Trinajstić information content (AvgIpc) is 3.14. The number of rotatable bonds is 7. The first kappa shape index (κ1) is 16.7. The van der Waals surface area contributed by atoms with Crippen LogP contribution in [0.1, 0.15) is 17.5 Å². The van der Waals surface area contributed by atoms with E-state index < -0.39 is 0 Å². The monoisotopic (exact) mass is 354 g/mol. The molecule has 122 valence electrons. The number of hydrogen-bond acceptors (Lipinski definition) is 4. The molecule has 0 aliphatic rings. The number of carbonyl (C=O) groups is 1. The van der Waals surface area contributed by atoms with Crippen molar-refractivity contribution in [3.05, 3.63) is 76.7 Å². The normalized spacial score (nSPS) is 10.5. The molecule has 0 atom stereocenters. The highest BCUT2D eigenvalue weighted by molar-refractivity contribution is 7.98. The Morgan fingerprint density at radius 3 is 2.71 bits per heavy atom. The quantitative estimate of drug-likeness (QED) is 0.607. The van der Waals surface area contributed by atoms with Gasteiger partial charge in [0.15, 0.2) is 0 Å². The van der Waals surface area contributed by atoms with Gasteiger partial charge in [0.1, 0.15) is 0 Å². The van der Waals surface area contributed by atoms with Gasteiger partial charge in [-0.3, -0.25) is 9.78 Å². The Hall–Kier alpha value is -2.11. The third kappa shape index (κ3) is 5.22. The van der Waals surface area contributed by atoms with E-state index in [1.54, 1.807) is 29.3 Å². The fourth-order valence-corrected chi connectivity index (χ4v) is 3.74. The van der Waals surface area contributed by atoms with Crippen molar-refractivity contribution in [1.82, 2.24) is 4.98 Å². The number of pyridine rings is 1. The van der Waals surface area contributed by atoms with Gasteiger partial charge < -0.3 is 5.32 Å². The molecule has 3 nitrogen and oxygen atoms in total. The summed E-state index contributed by atoms with van der Waals surface area (Å²) in [5.41, 5.74) is 3.27. The van der Waals surface area contributed by atoms with Gasteiger partial charge in [0.2, 0.25) is 5.91 Å². The van der Waals surface area contributed by atoms with Gasteiger partial charge in [-0.1, -0.05) is 6.07 Å². The first-order valence-electron chi connectivity index (χ1n) is 7.72. The number of nitrogens with one attached hydrogen (secondary N) is 1. The first-order chi connectivity index (χ1) is 11.8. The summed E-state index contributed by atoms with van der Waals surface area (Å²) in [5, 5.41) is 7.07. The van der Waals surface area contributed by atoms with Gasteiger partial charge >= 0.3 is 0 Å². The smallest absolute Gasteiger partial charge is 0.224 e. The molecule has 0 spiro atoms. The van der Waals surface area contributed by atoms with Crippen molar-refractivity contribution in [2.45, 2.75) is 23.5 Å². The molecule has 5 heteroatoms. The van der Waals surface area contributed by atoms with Gasteiger partial charge in [-0.2, -0.15) is 11.3 Å². The second-order valence-corrected chi connectivity index (χ2v) is 7.18. The van der Waals surface area contributed by atoms with E-state index in [4.69, 9.17) is 0 Å². The van der Waals surface area contributed by atoms with Crippen molar-refractivity contribution >= 4 is 34.7 Å². The SMILES string of the molecule is O=C(CCc1ccsc1)Nc1ccc(SCc2cccnc2)cc1. The Kier molecular flexibility index (Phi) is 6.04. The van der Waals surface area contributed by atoms with Crippen LogP contribution in [-0.4, -0.2) is 10.9 Å². The molecule has 0 saturated heterocycles. The Balaban J connectivity index is 1.46. The summed E-state index contributed by atoms with van der Waals surface area (Å²) in [5.74, 6) is 0.942. The summed E-state index contributed by atoms with van der Waals surface area (Å²) in [4.78, 5) is 17.3. The Morgan fingerprint density at radius 2 is 2.00 bits per heavy atom. The number of benzene rings is 1. The molecule has 0 bridgehead atoms. The molecule has 1 aromatic carbocycles. The van der Waals surface area contributed by atoms with Gasteiger partial charge in [-0.15, -0.1) is 11.8 Å². The molecule has 3 aromatic rings. The zero-order valence-corrected chi connectivity index (χ0v) is 14.8. The lowest BCUT2D eigenvalue weighted by Gasteiger charge is -2.06. The van der Waals surface area contributed by atoms with Crippen LogP contribution >= 0.6 is 23.1 Å². The Morgan fingerprint density at radius 1 is 1.12 bits per heavy atom. The highest BCUT2D eigenvalue weighted by atomic mass is 32.2. The van der Waals surface area contributed by atoms with Gasteiger partial charge in [-0.05, 0) is 64.7 Å². The summed E-state index contributed by atoms with van der Waals surface area (Å²) >= 11 is 3.42. The molecule has 0 aliphatic heterocycles. The minimum atomic E-state index is 0.0527. The number of aromatic nitrogens is 1. The van der Waals surface area contributed by atoms with E-state index in [0.29, 0.717) is 6.42 Å². The number of thioether (sulfide) groups is 1. The number of nitrogens with zero attached hydrogens (tertiary/aromatic N) is 1. The van der Waals surface area contributed by atoms with Crippen molar-refractivity contribution < 1.29 is 4.79 Å². The van der Waals surface area contributed by atoms with Crippen LogP contribution < -0.4 is 5.32 Å². The molecule has 1 amide bonds. The van der Waals surface area contributed by atoms with Gasteiger partial charge in [-0.25, -0.2) is 0 Å². The van der Waals surface area contributed by atoms with E-state index in [1.165, 1.54) is 16.0 Å². The summed E-state index contributed by atoms with van der Waals surface area (Å²) in [6.45, 7) is 0. The lowest BCUT2D eigenvalue weighted by molar-refractivity contribution is -0.116. The maximum atomic E-state index is 12.0. The predicted molar refractivity (Wildman–Crippen MR) is 102 cm³/mol. The minimum absolute atomic E-state index is 0.0527. The second-order valence-electron chi connectivity index (χ2n) is 5.35. The summed E-state index contributed by atoms with van der Waals surface area (Å²) in [6, 6.07) is 14.1. The van der Waals surface area contributed by atoms with Crippen molar-refractivity contribution in [2.24, 2.45) is 0 Å². The van der Waals surface area contributed by atoms with Crippen molar-refractivity contribution in [1.29, 1.82) is 0 Å². The highest BCUT2D eigenvalue weighted by Gasteiger charge is 2.04. The highest BCUT2D eigenvalue weighted by Crippen LogP contribution is 2.24. The summed E-state index contributed by atoms with van der Waals surface area (Å²) < 4.78 is 0. The largest absolute Gasteiger partial charge is 0.326 e. The molecule has 0 aliphatic carbocycles. The summed E-state index contributed by atoms with van der Waals surface area (Å²) in [7, 11) is 0. The maximum absolute atomic E-state index is 12.0. The topological polar surface area (TPSA) is 42.0 Å². The number of anilines is 1. The molecule has 0 radical (unpaired) electrons. The predicted octanol–water partition coefficient (Wildman–Crippen LogP) is 5.01. The number of thiophene rings is 1. The minimum Gasteiger partial charge on any atom is -0.326 e.